The van der Waals surface area contributed by atoms with Crippen LogP contribution >= 0.6 is 0 Å². The van der Waals surface area contributed by atoms with Crippen molar-refractivity contribution in [2.45, 2.75) is 34.1 Å². The number of anilines is 2. The van der Waals surface area contributed by atoms with E-state index in [4.69, 9.17) is 10.6 Å². The molecule has 0 fully saturated rings. The molecular formula is C12H24N6O. The minimum Gasteiger partial charge on any atom is -0.464 e. The molecule has 19 heavy (non-hydrogen) atoms. The number of hydrogen-bond donors (Lipinski definition) is 2. The number of aromatic nitrogens is 3. The lowest BCUT2D eigenvalue weighted by Crippen LogP contribution is -2.30. The van der Waals surface area contributed by atoms with Crippen molar-refractivity contribution in [3.63, 3.8) is 0 Å². The minimum atomic E-state index is 0.294. The number of hydrazine groups is 1. The number of ether oxygens (including phenoxy) is 1. The van der Waals surface area contributed by atoms with Gasteiger partial charge in [0.2, 0.25) is 11.9 Å². The first-order valence-electron chi connectivity index (χ1n) is 6.74. The lowest BCUT2D eigenvalue weighted by Gasteiger charge is -2.24. The molecule has 3 N–H and O–H groups in total. The molecule has 0 bridgehead atoms. The summed E-state index contributed by atoms with van der Waals surface area (Å²) in [6, 6.07) is 0.294. The van der Waals surface area contributed by atoms with Gasteiger partial charge in [0, 0.05) is 13.1 Å². The number of hydrogen-bond acceptors (Lipinski definition) is 7. The smallest absolute Gasteiger partial charge is 0.323 e. The maximum Gasteiger partial charge on any atom is 0.323 e. The molecule has 0 aliphatic rings. The van der Waals surface area contributed by atoms with Crippen molar-refractivity contribution in [1.82, 2.24) is 15.0 Å². The molecule has 108 valence electrons. The van der Waals surface area contributed by atoms with Crippen LogP contribution < -0.4 is 20.9 Å². The summed E-state index contributed by atoms with van der Waals surface area (Å²) >= 11 is 0. The predicted molar refractivity (Wildman–Crippen MR) is 76.1 cm³/mol. The summed E-state index contributed by atoms with van der Waals surface area (Å²) in [5.41, 5.74) is 2.44. The van der Waals surface area contributed by atoms with Crippen LogP contribution in [0.5, 0.6) is 6.01 Å². The van der Waals surface area contributed by atoms with Gasteiger partial charge in [-0.05, 0) is 19.8 Å². The molecule has 0 saturated heterocycles. The van der Waals surface area contributed by atoms with Gasteiger partial charge < -0.3 is 9.64 Å². The fourth-order valence-electron chi connectivity index (χ4n) is 1.60. The standard InChI is InChI=1S/C12H24N6O/c1-5-9(4)8-18(6-2)11-14-10(17-13)15-12(16-11)19-7-3/h9H,5-8,13H2,1-4H3,(H,14,15,16,17). The zero-order chi connectivity index (χ0) is 14.3. The first kappa shape index (κ1) is 15.4. The van der Waals surface area contributed by atoms with E-state index in [1.807, 2.05) is 6.92 Å². The predicted octanol–water partition coefficient (Wildman–Crippen LogP) is 1.43. The van der Waals surface area contributed by atoms with Crippen molar-refractivity contribution in [2.24, 2.45) is 11.8 Å². The van der Waals surface area contributed by atoms with Crippen LogP contribution in [-0.4, -0.2) is 34.6 Å². The fraction of sp³-hybridized carbons (Fsp3) is 0.750. The minimum absolute atomic E-state index is 0.294. The zero-order valence-corrected chi connectivity index (χ0v) is 12.2. The van der Waals surface area contributed by atoms with Crippen molar-refractivity contribution in [3.8, 4) is 6.01 Å². The van der Waals surface area contributed by atoms with E-state index >= 15 is 0 Å². The van der Waals surface area contributed by atoms with Crippen molar-refractivity contribution in [2.75, 3.05) is 30.0 Å². The second-order valence-electron chi connectivity index (χ2n) is 4.37. The van der Waals surface area contributed by atoms with E-state index in [2.05, 4.69) is 46.0 Å². The quantitative estimate of drug-likeness (QED) is 0.544. The molecule has 0 aliphatic heterocycles. The number of nitrogen functional groups attached to an aromatic ring is 1. The molecule has 7 nitrogen and oxygen atoms in total. The third-order valence-corrected chi connectivity index (χ3v) is 2.90. The summed E-state index contributed by atoms with van der Waals surface area (Å²) in [5, 5.41) is 0. The van der Waals surface area contributed by atoms with Gasteiger partial charge in [0.1, 0.15) is 0 Å². The topological polar surface area (TPSA) is 89.2 Å². The Bertz CT molecular complexity index is 386. The number of nitrogens with zero attached hydrogens (tertiary/aromatic N) is 4. The lowest BCUT2D eigenvalue weighted by molar-refractivity contribution is 0.312. The number of nitrogens with two attached hydrogens (primary N) is 1. The molecule has 0 saturated carbocycles. The molecule has 1 rings (SSSR count). The molecule has 7 heteroatoms. The third kappa shape index (κ3) is 4.51. The second kappa shape index (κ2) is 7.73. The third-order valence-electron chi connectivity index (χ3n) is 2.90. The number of rotatable bonds is 8. The molecule has 1 aromatic rings. The SMILES string of the molecule is CCOc1nc(NN)nc(N(CC)CC(C)CC)n1. The number of nitrogens with one attached hydrogen (secondary N) is 1. The molecule has 0 spiro atoms. The van der Waals surface area contributed by atoms with Gasteiger partial charge in [0.05, 0.1) is 6.61 Å². The van der Waals surface area contributed by atoms with Crippen LogP contribution in [0.25, 0.3) is 0 Å². The van der Waals surface area contributed by atoms with Gasteiger partial charge in [0.15, 0.2) is 0 Å². The van der Waals surface area contributed by atoms with E-state index in [-0.39, 0.29) is 0 Å². The first-order chi connectivity index (χ1) is 9.14. The van der Waals surface area contributed by atoms with Gasteiger partial charge in [-0.15, -0.1) is 0 Å². The summed E-state index contributed by atoms with van der Waals surface area (Å²) in [4.78, 5) is 14.7. The normalized spacial score (nSPS) is 12.1. The van der Waals surface area contributed by atoms with Gasteiger partial charge in [-0.1, -0.05) is 20.3 Å². The molecule has 1 unspecified atom stereocenters. The molecule has 0 amide bonds. The van der Waals surface area contributed by atoms with Crippen molar-refractivity contribution < 1.29 is 4.74 Å². The summed E-state index contributed by atoms with van der Waals surface area (Å²) in [6.45, 7) is 10.6. The van der Waals surface area contributed by atoms with Crippen LogP contribution in [-0.2, 0) is 0 Å². The first-order valence-corrected chi connectivity index (χ1v) is 6.74. The maximum absolute atomic E-state index is 5.38. The molecule has 0 aromatic carbocycles. The van der Waals surface area contributed by atoms with E-state index in [9.17, 15) is 0 Å². The van der Waals surface area contributed by atoms with Gasteiger partial charge in [-0.2, -0.15) is 15.0 Å². The average Bonchev–Trinajstić information content (AvgIpc) is 2.44. The molecule has 1 aromatic heterocycles. The van der Waals surface area contributed by atoms with Gasteiger partial charge in [-0.3, -0.25) is 5.43 Å². The average molecular weight is 268 g/mol. The van der Waals surface area contributed by atoms with Crippen LogP contribution in [0.1, 0.15) is 34.1 Å². The van der Waals surface area contributed by atoms with Gasteiger partial charge in [-0.25, -0.2) is 5.84 Å². The van der Waals surface area contributed by atoms with Gasteiger partial charge >= 0.3 is 6.01 Å². The zero-order valence-electron chi connectivity index (χ0n) is 12.2. The summed E-state index contributed by atoms with van der Waals surface area (Å²) in [7, 11) is 0. The highest BCUT2D eigenvalue weighted by molar-refractivity contribution is 5.37. The van der Waals surface area contributed by atoms with E-state index in [1.54, 1.807) is 0 Å². The molecule has 1 atom stereocenters. The Morgan fingerprint density at radius 3 is 2.53 bits per heavy atom. The molecule has 1 heterocycles. The summed E-state index contributed by atoms with van der Waals surface area (Å²) in [5.74, 6) is 6.85. The molecular weight excluding hydrogens is 244 g/mol. The van der Waals surface area contributed by atoms with Crippen LogP contribution in [0.3, 0.4) is 0 Å². The lowest BCUT2D eigenvalue weighted by atomic mass is 10.1. The van der Waals surface area contributed by atoms with Crippen molar-refractivity contribution in [3.05, 3.63) is 0 Å². The molecule has 0 aliphatic carbocycles. The largest absolute Gasteiger partial charge is 0.464 e. The monoisotopic (exact) mass is 268 g/mol. The highest BCUT2D eigenvalue weighted by atomic mass is 16.5. The van der Waals surface area contributed by atoms with Crippen LogP contribution in [0.15, 0.2) is 0 Å². The Labute approximate surface area is 114 Å². The Kier molecular flexibility index (Phi) is 6.27. The summed E-state index contributed by atoms with van der Waals surface area (Å²) in [6.07, 6.45) is 1.11. The highest BCUT2D eigenvalue weighted by Gasteiger charge is 2.14. The highest BCUT2D eigenvalue weighted by Crippen LogP contribution is 2.16. The van der Waals surface area contributed by atoms with E-state index < -0.39 is 0 Å². The van der Waals surface area contributed by atoms with E-state index in [0.717, 1.165) is 19.5 Å². The van der Waals surface area contributed by atoms with Gasteiger partial charge in [0.25, 0.3) is 0 Å². The molecule has 0 radical (unpaired) electrons. The van der Waals surface area contributed by atoms with Crippen molar-refractivity contribution >= 4 is 11.9 Å². The van der Waals surface area contributed by atoms with Crippen LogP contribution in [0.4, 0.5) is 11.9 Å². The maximum atomic E-state index is 5.38. The van der Waals surface area contributed by atoms with E-state index in [0.29, 0.717) is 30.4 Å². The summed E-state index contributed by atoms with van der Waals surface area (Å²) < 4.78 is 5.33. The Balaban J connectivity index is 2.97. The Hall–Kier alpha value is -1.63. The Morgan fingerprint density at radius 1 is 1.26 bits per heavy atom. The van der Waals surface area contributed by atoms with Crippen LogP contribution in [0.2, 0.25) is 0 Å². The van der Waals surface area contributed by atoms with E-state index in [1.165, 1.54) is 0 Å². The second-order valence-corrected chi connectivity index (χ2v) is 4.37. The van der Waals surface area contributed by atoms with Crippen molar-refractivity contribution in [1.29, 1.82) is 0 Å². The Morgan fingerprint density at radius 2 is 2.00 bits per heavy atom. The van der Waals surface area contributed by atoms with Crippen LogP contribution in [0, 0.1) is 5.92 Å². The fourth-order valence-corrected chi connectivity index (χ4v) is 1.60.